The van der Waals surface area contributed by atoms with Crippen LogP contribution in [0.15, 0.2) is 0 Å². The molecule has 0 atom stereocenters. The van der Waals surface area contributed by atoms with Crippen molar-refractivity contribution in [1.29, 1.82) is 0 Å². The van der Waals surface area contributed by atoms with Crippen molar-refractivity contribution >= 4 is 45.5 Å². The number of hydrogen-bond acceptors (Lipinski definition) is 3. The minimum Gasteiger partial charge on any atom is -0.299 e. The fourth-order valence-electron chi connectivity index (χ4n) is 0.257. The first-order valence-corrected chi connectivity index (χ1v) is 3.47. The molecule has 1 N–H and O–H groups in total. The molecule has 0 aliphatic rings. The van der Waals surface area contributed by atoms with Gasteiger partial charge in [-0.25, -0.2) is 0 Å². The third-order valence-corrected chi connectivity index (χ3v) is 1.16. The zero-order chi connectivity index (χ0) is 6.78. The Morgan fingerprint density at radius 3 is 1.89 bits per heavy atom. The molecule has 49 valence electrons. The maximum absolute atomic E-state index is 9.92. The summed E-state index contributed by atoms with van der Waals surface area (Å²) in [5, 5.41) is 0. The Morgan fingerprint density at radius 1 is 1.56 bits per heavy atom. The smallest absolute Gasteiger partial charge is 0.272 e. The van der Waals surface area contributed by atoms with E-state index in [0.717, 1.165) is 6.92 Å². The van der Waals surface area contributed by atoms with Gasteiger partial charge in [0.1, 0.15) is 11.5 Å². The van der Waals surface area contributed by atoms with E-state index >= 15 is 0 Å². The molecule has 0 heterocycles. The van der Waals surface area contributed by atoms with Gasteiger partial charge in [-0.15, -0.1) is 0 Å². The van der Waals surface area contributed by atoms with Gasteiger partial charge < -0.3 is 0 Å². The van der Waals surface area contributed by atoms with Gasteiger partial charge in [0.15, 0.2) is 0 Å². The largest absolute Gasteiger partial charge is 0.299 e. The zero-order valence-corrected chi connectivity index (χ0v) is 8.10. The van der Waals surface area contributed by atoms with Crippen LogP contribution in [-0.4, -0.2) is 54.1 Å². The predicted octanol–water partition coefficient (Wildman–Crippen LogP) is -0.918. The van der Waals surface area contributed by atoms with Crippen LogP contribution >= 0.6 is 0 Å². The van der Waals surface area contributed by atoms with E-state index in [-0.39, 0.29) is 29.6 Å². The van der Waals surface area contributed by atoms with E-state index in [9.17, 15) is 13.2 Å². The molecule has 0 amide bonds. The minimum atomic E-state index is -4.07. The van der Waals surface area contributed by atoms with Crippen molar-refractivity contribution in [3.63, 3.8) is 0 Å². The van der Waals surface area contributed by atoms with Crippen LogP contribution in [0.4, 0.5) is 0 Å². The molecule has 9 heavy (non-hydrogen) atoms. The summed E-state index contributed by atoms with van der Waals surface area (Å²) in [6, 6.07) is 0. The summed E-state index contributed by atoms with van der Waals surface area (Å²) >= 11 is 0. The van der Waals surface area contributed by atoms with E-state index in [1.54, 1.807) is 0 Å². The van der Waals surface area contributed by atoms with E-state index in [1.807, 2.05) is 0 Å². The monoisotopic (exact) mass is 161 g/mol. The number of hydrogen-bond donors (Lipinski definition) is 1. The zero-order valence-electron chi connectivity index (χ0n) is 5.29. The number of carbonyl (C=O) groups excluding carboxylic acids is 1. The predicted molar refractivity (Wildman–Crippen MR) is 32.9 cm³/mol. The first kappa shape index (κ1) is 12.3. The van der Waals surface area contributed by atoms with Crippen LogP contribution in [0.5, 0.6) is 0 Å². The molecule has 0 spiro atoms. The Kier molecular flexibility index (Phi) is 6.01. The van der Waals surface area contributed by atoms with Crippen LogP contribution < -0.4 is 0 Å². The van der Waals surface area contributed by atoms with Crippen LogP contribution in [0.2, 0.25) is 0 Å². The molecule has 6 heteroatoms. The molecule has 1 radical (unpaired) electrons. The SMILES string of the molecule is CC(=O)CS(=O)(=O)O.[Na]. The van der Waals surface area contributed by atoms with E-state index in [1.165, 1.54) is 0 Å². The molecule has 0 bridgehead atoms. The van der Waals surface area contributed by atoms with Gasteiger partial charge in [0.2, 0.25) is 0 Å². The Labute approximate surface area is 75.7 Å². The Morgan fingerprint density at radius 2 is 1.89 bits per heavy atom. The Hall–Kier alpha value is 0.580. The van der Waals surface area contributed by atoms with E-state index < -0.39 is 21.7 Å². The normalized spacial score (nSPS) is 10.0. The summed E-state index contributed by atoms with van der Waals surface area (Å²) in [6.07, 6.45) is 0. The average molecular weight is 161 g/mol. The topological polar surface area (TPSA) is 71.4 Å². The number of ketones is 1. The molecule has 0 aliphatic heterocycles. The van der Waals surface area contributed by atoms with E-state index in [4.69, 9.17) is 4.55 Å². The van der Waals surface area contributed by atoms with Crippen molar-refractivity contribution in [3.8, 4) is 0 Å². The van der Waals surface area contributed by atoms with Gasteiger partial charge in [-0.05, 0) is 6.92 Å². The summed E-state index contributed by atoms with van der Waals surface area (Å²) in [5.41, 5.74) is 0. The van der Waals surface area contributed by atoms with Gasteiger partial charge in [0.25, 0.3) is 10.1 Å². The van der Waals surface area contributed by atoms with Gasteiger partial charge in [0.05, 0.1) is 0 Å². The molecule has 0 saturated heterocycles. The quantitative estimate of drug-likeness (QED) is 0.420. The molecule has 0 aliphatic carbocycles. The van der Waals surface area contributed by atoms with Gasteiger partial charge in [0, 0.05) is 29.6 Å². The van der Waals surface area contributed by atoms with Crippen molar-refractivity contribution in [3.05, 3.63) is 0 Å². The van der Waals surface area contributed by atoms with Crippen LogP contribution in [0, 0.1) is 0 Å². The second-order valence-electron chi connectivity index (χ2n) is 1.43. The van der Waals surface area contributed by atoms with Crippen molar-refractivity contribution in [2.75, 3.05) is 5.75 Å². The van der Waals surface area contributed by atoms with Crippen molar-refractivity contribution in [2.24, 2.45) is 0 Å². The molecular formula is C3H6NaO4S. The molecule has 0 saturated carbocycles. The fraction of sp³-hybridized carbons (Fsp3) is 0.667. The number of Topliss-reactive ketones (excluding diaryl/α,β-unsaturated/α-hetero) is 1. The van der Waals surface area contributed by atoms with Crippen LogP contribution in [0.1, 0.15) is 6.92 Å². The molecule has 0 aromatic carbocycles. The molecular weight excluding hydrogens is 155 g/mol. The third-order valence-electron chi connectivity index (χ3n) is 0.386. The van der Waals surface area contributed by atoms with Crippen molar-refractivity contribution in [2.45, 2.75) is 6.92 Å². The molecule has 4 nitrogen and oxygen atoms in total. The van der Waals surface area contributed by atoms with Crippen LogP contribution in [-0.2, 0) is 14.9 Å². The molecule has 0 rings (SSSR count). The summed E-state index contributed by atoms with van der Waals surface area (Å²) in [5.74, 6) is -1.35. The van der Waals surface area contributed by atoms with Gasteiger partial charge >= 0.3 is 0 Å². The molecule has 0 aromatic rings. The van der Waals surface area contributed by atoms with Gasteiger partial charge in [-0.2, -0.15) is 8.42 Å². The molecule has 0 fully saturated rings. The standard InChI is InChI=1S/C3H6O4S.Na/c1-3(4)2-8(5,6)7;/h2H2,1H3,(H,5,6,7);. The second kappa shape index (κ2) is 4.40. The van der Waals surface area contributed by atoms with E-state index in [0.29, 0.717) is 0 Å². The summed E-state index contributed by atoms with van der Waals surface area (Å²) in [6.45, 7) is 1.09. The van der Waals surface area contributed by atoms with Crippen LogP contribution in [0.25, 0.3) is 0 Å². The Bertz CT molecular complexity index is 182. The van der Waals surface area contributed by atoms with Crippen molar-refractivity contribution < 1.29 is 17.8 Å². The Balaban J connectivity index is 0. The maximum Gasteiger partial charge on any atom is 0.272 e. The van der Waals surface area contributed by atoms with Crippen molar-refractivity contribution in [1.82, 2.24) is 0 Å². The summed E-state index contributed by atoms with van der Waals surface area (Å²) < 4.78 is 27.5. The number of carbonyl (C=O) groups is 1. The minimum absolute atomic E-state index is 0. The summed E-state index contributed by atoms with van der Waals surface area (Å²) in [7, 11) is -4.07. The number of rotatable bonds is 2. The fourth-order valence-corrected chi connectivity index (χ4v) is 0.771. The summed E-state index contributed by atoms with van der Waals surface area (Å²) in [4.78, 5) is 9.92. The first-order valence-electron chi connectivity index (χ1n) is 1.86. The maximum atomic E-state index is 9.92. The van der Waals surface area contributed by atoms with Gasteiger partial charge in [-0.1, -0.05) is 0 Å². The van der Waals surface area contributed by atoms with E-state index in [2.05, 4.69) is 0 Å². The third kappa shape index (κ3) is 11.9. The first-order chi connectivity index (χ1) is 3.42. The van der Waals surface area contributed by atoms with Gasteiger partial charge in [-0.3, -0.25) is 9.35 Å². The molecule has 0 aromatic heterocycles. The average Bonchev–Trinajstić information content (AvgIpc) is 1.21. The van der Waals surface area contributed by atoms with Crippen LogP contribution in [0.3, 0.4) is 0 Å². The molecule has 0 unspecified atom stereocenters. The second-order valence-corrected chi connectivity index (χ2v) is 2.88.